The molecule has 0 bridgehead atoms. The highest BCUT2D eigenvalue weighted by Gasteiger charge is 2.22. The molecule has 0 radical (unpaired) electrons. The molecule has 0 saturated carbocycles. The van der Waals surface area contributed by atoms with Gasteiger partial charge in [-0.3, -0.25) is 10.8 Å². The Morgan fingerprint density at radius 3 is 2.50 bits per heavy atom. The molecule has 1 aliphatic heterocycles. The zero-order chi connectivity index (χ0) is 8.72. The number of hydrogen-bond donors (Lipinski definition) is 2. The van der Waals surface area contributed by atoms with Crippen LogP contribution in [-0.2, 0) is 4.74 Å². The van der Waals surface area contributed by atoms with Crippen LogP contribution in [0.3, 0.4) is 0 Å². The van der Waals surface area contributed by atoms with Gasteiger partial charge in [-0.25, -0.2) is 0 Å². The van der Waals surface area contributed by atoms with E-state index in [2.05, 4.69) is 0 Å². The molecule has 0 aliphatic carbocycles. The van der Waals surface area contributed by atoms with Crippen LogP contribution in [0.25, 0.3) is 0 Å². The van der Waals surface area contributed by atoms with Crippen molar-refractivity contribution in [1.82, 2.24) is 0 Å². The third kappa shape index (κ3) is 0.830. The number of aryl methyl sites for hydroxylation is 1. The third-order valence-corrected chi connectivity index (χ3v) is 1.87. The molecule has 0 unspecified atom stereocenters. The van der Waals surface area contributed by atoms with Crippen LogP contribution in [0.15, 0.2) is 18.2 Å². The summed E-state index contributed by atoms with van der Waals surface area (Å²) in [7, 11) is 0. The minimum atomic E-state index is 0.0787. The van der Waals surface area contributed by atoms with E-state index in [0.717, 1.165) is 11.1 Å². The van der Waals surface area contributed by atoms with E-state index < -0.39 is 0 Å². The number of rotatable bonds is 0. The number of fused-ring (bicyclic) bond motifs is 1. The van der Waals surface area contributed by atoms with Crippen molar-refractivity contribution in [2.75, 3.05) is 0 Å². The smallest absolute Gasteiger partial charge is 0.222 e. The zero-order valence-electron chi connectivity index (χ0n) is 6.64. The first-order valence-corrected chi connectivity index (χ1v) is 3.65. The molecule has 0 aromatic heterocycles. The van der Waals surface area contributed by atoms with Gasteiger partial charge in [0.25, 0.3) is 0 Å². The average Bonchev–Trinajstić information content (AvgIpc) is 2.28. The van der Waals surface area contributed by atoms with Gasteiger partial charge in [0.15, 0.2) is 0 Å². The maximum absolute atomic E-state index is 7.39. The van der Waals surface area contributed by atoms with Crippen molar-refractivity contribution in [3.8, 4) is 0 Å². The molecule has 1 heterocycles. The van der Waals surface area contributed by atoms with Crippen molar-refractivity contribution in [1.29, 1.82) is 10.8 Å². The Hall–Kier alpha value is -1.64. The Labute approximate surface area is 70.0 Å². The van der Waals surface area contributed by atoms with Crippen LogP contribution in [0, 0.1) is 17.7 Å². The second-order valence-electron chi connectivity index (χ2n) is 2.81. The predicted octanol–water partition coefficient (Wildman–Crippen LogP) is 1.68. The molecule has 0 amide bonds. The highest BCUT2D eigenvalue weighted by atomic mass is 16.5. The van der Waals surface area contributed by atoms with Crippen LogP contribution in [0.4, 0.5) is 0 Å². The van der Waals surface area contributed by atoms with Crippen LogP contribution in [-0.4, -0.2) is 11.8 Å². The number of benzene rings is 1. The van der Waals surface area contributed by atoms with Gasteiger partial charge < -0.3 is 4.74 Å². The molecule has 2 rings (SSSR count). The summed E-state index contributed by atoms with van der Waals surface area (Å²) < 4.78 is 4.85. The molecule has 1 aromatic carbocycles. The van der Waals surface area contributed by atoms with Gasteiger partial charge in [-0.15, -0.1) is 0 Å². The molecule has 12 heavy (non-hydrogen) atoms. The Kier molecular flexibility index (Phi) is 1.27. The quantitative estimate of drug-likeness (QED) is 0.596. The molecule has 0 saturated heterocycles. The molecule has 1 aliphatic rings. The predicted molar refractivity (Wildman–Crippen MR) is 45.9 cm³/mol. The lowest BCUT2D eigenvalue weighted by Gasteiger charge is -1.94. The highest BCUT2D eigenvalue weighted by molar-refractivity contribution is 6.16. The monoisotopic (exact) mass is 160 g/mol. The van der Waals surface area contributed by atoms with Crippen LogP contribution in [0.5, 0.6) is 0 Å². The van der Waals surface area contributed by atoms with Crippen molar-refractivity contribution >= 4 is 11.8 Å². The van der Waals surface area contributed by atoms with Crippen LogP contribution < -0.4 is 0 Å². The van der Waals surface area contributed by atoms with Crippen molar-refractivity contribution in [3.63, 3.8) is 0 Å². The van der Waals surface area contributed by atoms with Gasteiger partial charge in [0, 0.05) is 11.1 Å². The first-order valence-electron chi connectivity index (χ1n) is 3.65. The average molecular weight is 160 g/mol. The summed E-state index contributed by atoms with van der Waals surface area (Å²) in [5.74, 6) is 0.161. The van der Waals surface area contributed by atoms with Gasteiger partial charge in [-0.05, 0) is 19.1 Å². The fourth-order valence-corrected chi connectivity index (χ4v) is 1.26. The molecule has 2 N–H and O–H groups in total. The molecule has 60 valence electrons. The summed E-state index contributed by atoms with van der Waals surface area (Å²) in [6.45, 7) is 1.95. The largest absolute Gasteiger partial charge is 0.421 e. The summed E-state index contributed by atoms with van der Waals surface area (Å²) in [6.07, 6.45) is 0. The van der Waals surface area contributed by atoms with E-state index in [1.54, 1.807) is 0 Å². The summed E-state index contributed by atoms with van der Waals surface area (Å²) in [6, 6.07) is 5.59. The summed E-state index contributed by atoms with van der Waals surface area (Å²) in [5, 5.41) is 14.8. The topological polar surface area (TPSA) is 56.9 Å². The van der Waals surface area contributed by atoms with Gasteiger partial charge >= 0.3 is 0 Å². The van der Waals surface area contributed by atoms with Crippen LogP contribution >= 0.6 is 0 Å². The number of hydrogen-bond acceptors (Lipinski definition) is 3. The summed E-state index contributed by atoms with van der Waals surface area (Å²) in [5.41, 5.74) is 2.52. The fraction of sp³-hybridized carbons (Fsp3) is 0.111. The molecule has 3 nitrogen and oxygen atoms in total. The SMILES string of the molecule is Cc1ccc2c(c1)C(=N)OC2=N. The van der Waals surface area contributed by atoms with Gasteiger partial charge in [0.05, 0.1) is 0 Å². The Morgan fingerprint density at radius 1 is 1.08 bits per heavy atom. The molecular weight excluding hydrogens is 152 g/mol. The normalized spacial score (nSPS) is 14.4. The lowest BCUT2D eigenvalue weighted by atomic mass is 10.1. The highest BCUT2D eigenvalue weighted by Crippen LogP contribution is 2.20. The van der Waals surface area contributed by atoms with E-state index in [1.807, 2.05) is 25.1 Å². The molecule has 1 aromatic rings. The van der Waals surface area contributed by atoms with Gasteiger partial charge in [0.2, 0.25) is 11.8 Å². The van der Waals surface area contributed by atoms with E-state index in [-0.39, 0.29) is 11.8 Å². The fourth-order valence-electron chi connectivity index (χ4n) is 1.26. The zero-order valence-corrected chi connectivity index (χ0v) is 6.64. The van der Waals surface area contributed by atoms with Crippen molar-refractivity contribution in [2.24, 2.45) is 0 Å². The Bertz CT molecular complexity index is 382. The Balaban J connectivity index is 2.68. The molecule has 3 heteroatoms. The Morgan fingerprint density at radius 2 is 1.75 bits per heavy atom. The number of nitrogens with one attached hydrogen (secondary N) is 2. The molecule has 0 atom stereocenters. The minimum absolute atomic E-state index is 0.0787. The van der Waals surface area contributed by atoms with E-state index in [4.69, 9.17) is 15.6 Å². The maximum Gasteiger partial charge on any atom is 0.222 e. The number of ether oxygens (including phenoxy) is 1. The first-order chi connectivity index (χ1) is 5.68. The van der Waals surface area contributed by atoms with E-state index in [1.165, 1.54) is 0 Å². The third-order valence-electron chi connectivity index (χ3n) is 1.87. The minimum Gasteiger partial charge on any atom is -0.421 e. The summed E-state index contributed by atoms with van der Waals surface area (Å²) in [4.78, 5) is 0. The van der Waals surface area contributed by atoms with Gasteiger partial charge in [-0.2, -0.15) is 0 Å². The summed E-state index contributed by atoms with van der Waals surface area (Å²) >= 11 is 0. The van der Waals surface area contributed by atoms with Crippen molar-refractivity contribution < 1.29 is 4.74 Å². The van der Waals surface area contributed by atoms with Crippen LogP contribution in [0.2, 0.25) is 0 Å². The van der Waals surface area contributed by atoms with Crippen LogP contribution in [0.1, 0.15) is 16.7 Å². The van der Waals surface area contributed by atoms with E-state index >= 15 is 0 Å². The van der Waals surface area contributed by atoms with Gasteiger partial charge in [0.1, 0.15) is 0 Å². The standard InChI is InChI=1S/C9H8N2O/c1-5-2-3-6-7(4-5)9(11)12-8(6)10/h2-4,10-11H,1H3. The van der Waals surface area contributed by atoms with Crippen molar-refractivity contribution in [3.05, 3.63) is 34.9 Å². The van der Waals surface area contributed by atoms with E-state index in [0.29, 0.717) is 5.56 Å². The maximum atomic E-state index is 7.39. The first kappa shape index (κ1) is 7.03. The second kappa shape index (κ2) is 2.17. The lowest BCUT2D eigenvalue weighted by molar-refractivity contribution is 0.553. The van der Waals surface area contributed by atoms with Gasteiger partial charge in [-0.1, -0.05) is 11.6 Å². The molecule has 0 spiro atoms. The van der Waals surface area contributed by atoms with E-state index in [9.17, 15) is 0 Å². The van der Waals surface area contributed by atoms with Crippen molar-refractivity contribution in [2.45, 2.75) is 6.92 Å². The molecular formula is C9H8N2O. The lowest BCUT2D eigenvalue weighted by Crippen LogP contribution is -1.97. The molecule has 0 fully saturated rings. The second-order valence-corrected chi connectivity index (χ2v) is 2.81.